The number of alkyl halides is 2. The number of aromatic nitrogens is 2. The fourth-order valence-corrected chi connectivity index (χ4v) is 2.92. The predicted molar refractivity (Wildman–Crippen MR) is 103 cm³/mol. The lowest BCUT2D eigenvalue weighted by molar-refractivity contribution is -0.286. The van der Waals surface area contributed by atoms with Crippen LogP contribution in [0.1, 0.15) is 12.2 Å². The number of nitrogens with zero attached hydrogens (tertiary/aromatic N) is 1. The van der Waals surface area contributed by atoms with E-state index in [-0.39, 0.29) is 35.6 Å². The van der Waals surface area contributed by atoms with Crippen molar-refractivity contribution in [1.82, 2.24) is 9.97 Å². The number of H-pyrrole nitrogens is 1. The van der Waals surface area contributed by atoms with E-state index in [4.69, 9.17) is 4.74 Å². The number of halogens is 2. The van der Waals surface area contributed by atoms with Gasteiger partial charge in [-0.05, 0) is 24.3 Å². The third kappa shape index (κ3) is 4.77. The zero-order chi connectivity index (χ0) is 22.0. The summed E-state index contributed by atoms with van der Waals surface area (Å²) in [6.07, 6.45) is -3.74. The fraction of sp³-hybridized carbons (Fsp3) is 0.200. The molecular weight excluding hydrogens is 416 g/mol. The average molecular weight is 431 g/mol. The minimum atomic E-state index is -3.76. The summed E-state index contributed by atoms with van der Waals surface area (Å²) in [6.45, 7) is -0.578. The normalized spacial score (nSPS) is 13.7. The molecule has 0 saturated heterocycles. The van der Waals surface area contributed by atoms with E-state index in [1.54, 1.807) is 24.3 Å². The van der Waals surface area contributed by atoms with E-state index in [1.165, 1.54) is 12.1 Å². The van der Waals surface area contributed by atoms with E-state index in [1.807, 2.05) is 0 Å². The zero-order valence-electron chi connectivity index (χ0n) is 15.8. The van der Waals surface area contributed by atoms with Gasteiger partial charge < -0.3 is 24.5 Å². The first-order valence-corrected chi connectivity index (χ1v) is 9.12. The number of aromatic amines is 1. The molecule has 4 rings (SSSR count). The summed E-state index contributed by atoms with van der Waals surface area (Å²) < 4.78 is 39.5. The molecule has 0 aliphatic carbocycles. The Labute approximate surface area is 172 Å². The molecule has 1 aliphatic rings. The molecule has 1 amide bonds. The number of carbonyl (C=O) groups excluding carboxylic acids is 2. The number of carbonyl (C=O) groups is 2. The highest BCUT2D eigenvalue weighted by molar-refractivity contribution is 5.93. The van der Waals surface area contributed by atoms with E-state index in [0.717, 1.165) is 6.07 Å². The van der Waals surface area contributed by atoms with Gasteiger partial charge in [-0.15, -0.1) is 8.78 Å². The van der Waals surface area contributed by atoms with E-state index >= 15 is 0 Å². The van der Waals surface area contributed by atoms with Gasteiger partial charge in [0.05, 0.1) is 17.3 Å². The third-order valence-electron chi connectivity index (χ3n) is 4.28. The lowest BCUT2D eigenvalue weighted by Gasteiger charge is -2.07. The average Bonchev–Trinajstić information content (AvgIpc) is 3.04. The first-order chi connectivity index (χ1) is 14.8. The van der Waals surface area contributed by atoms with Gasteiger partial charge in [0.25, 0.3) is 11.5 Å². The number of para-hydroxylation sites is 1. The molecule has 0 bridgehead atoms. The number of benzene rings is 2. The van der Waals surface area contributed by atoms with Crippen LogP contribution in [0.5, 0.6) is 11.5 Å². The highest BCUT2D eigenvalue weighted by Gasteiger charge is 2.43. The zero-order valence-corrected chi connectivity index (χ0v) is 15.8. The van der Waals surface area contributed by atoms with Gasteiger partial charge >= 0.3 is 12.3 Å². The van der Waals surface area contributed by atoms with Crippen molar-refractivity contribution in [3.8, 4) is 11.5 Å². The van der Waals surface area contributed by atoms with Crippen LogP contribution < -0.4 is 20.3 Å². The predicted octanol–water partition coefficient (Wildman–Crippen LogP) is 2.36. The lowest BCUT2D eigenvalue weighted by atomic mass is 10.2. The molecule has 11 heteroatoms. The second kappa shape index (κ2) is 8.01. The summed E-state index contributed by atoms with van der Waals surface area (Å²) in [5.41, 5.74) is 0.365. The summed E-state index contributed by atoms with van der Waals surface area (Å²) >= 11 is 0. The van der Waals surface area contributed by atoms with Gasteiger partial charge in [-0.3, -0.25) is 14.4 Å². The van der Waals surface area contributed by atoms with Crippen LogP contribution in [0.3, 0.4) is 0 Å². The molecule has 0 radical (unpaired) electrons. The molecule has 3 aromatic rings. The Balaban J connectivity index is 1.27. The van der Waals surface area contributed by atoms with Crippen molar-refractivity contribution >= 4 is 28.5 Å². The number of esters is 1. The molecule has 0 fully saturated rings. The van der Waals surface area contributed by atoms with Crippen molar-refractivity contribution in [3.63, 3.8) is 0 Å². The lowest BCUT2D eigenvalue weighted by Crippen LogP contribution is -2.25. The van der Waals surface area contributed by atoms with E-state index in [2.05, 4.69) is 24.8 Å². The molecule has 0 spiro atoms. The first-order valence-electron chi connectivity index (χ1n) is 9.12. The monoisotopic (exact) mass is 431 g/mol. The highest BCUT2D eigenvalue weighted by Crippen LogP contribution is 2.42. The maximum absolute atomic E-state index is 13.0. The molecule has 0 unspecified atom stereocenters. The van der Waals surface area contributed by atoms with E-state index in [9.17, 15) is 23.2 Å². The van der Waals surface area contributed by atoms with Crippen molar-refractivity contribution < 1.29 is 32.6 Å². The van der Waals surface area contributed by atoms with Crippen molar-refractivity contribution in [3.05, 3.63) is 58.6 Å². The van der Waals surface area contributed by atoms with Crippen molar-refractivity contribution in [2.75, 3.05) is 11.9 Å². The van der Waals surface area contributed by atoms with E-state index < -0.39 is 24.8 Å². The standard InChI is InChI=1S/C20H15F2N3O6/c21-20(22)30-14-6-5-11(9-15(14)31-20)23-17(26)10-29-18(27)8-7-16-24-13-4-2-1-3-12(13)19(28)25-16/h1-6,9H,7-8,10H2,(H,23,26)(H,24,25,28). The molecule has 1 aliphatic heterocycles. The van der Waals surface area contributed by atoms with Crippen LogP contribution in [0.2, 0.25) is 0 Å². The molecule has 31 heavy (non-hydrogen) atoms. The molecule has 2 N–H and O–H groups in total. The molecule has 160 valence electrons. The minimum absolute atomic E-state index is 0.104. The fourth-order valence-electron chi connectivity index (χ4n) is 2.92. The van der Waals surface area contributed by atoms with Crippen LogP contribution in [0, 0.1) is 0 Å². The topological polar surface area (TPSA) is 120 Å². The third-order valence-corrected chi connectivity index (χ3v) is 4.28. The van der Waals surface area contributed by atoms with Crippen molar-refractivity contribution in [2.45, 2.75) is 19.1 Å². The van der Waals surface area contributed by atoms with Crippen LogP contribution in [-0.4, -0.2) is 34.7 Å². The molecule has 9 nitrogen and oxygen atoms in total. The van der Waals surface area contributed by atoms with Gasteiger partial charge in [0, 0.05) is 18.2 Å². The Morgan fingerprint density at radius 3 is 2.74 bits per heavy atom. The second-order valence-corrected chi connectivity index (χ2v) is 6.57. The number of anilines is 1. The van der Waals surface area contributed by atoms with Crippen LogP contribution in [0.4, 0.5) is 14.5 Å². The number of ether oxygens (including phenoxy) is 3. The quantitative estimate of drug-likeness (QED) is 0.575. The van der Waals surface area contributed by atoms with Crippen LogP contribution in [0.15, 0.2) is 47.3 Å². The second-order valence-electron chi connectivity index (χ2n) is 6.57. The number of nitrogens with one attached hydrogen (secondary N) is 2. The highest BCUT2D eigenvalue weighted by atomic mass is 19.3. The Bertz CT molecular complexity index is 1230. The van der Waals surface area contributed by atoms with Crippen LogP contribution in [-0.2, 0) is 20.7 Å². The number of fused-ring (bicyclic) bond motifs is 2. The maximum atomic E-state index is 13.0. The molecular formula is C20H15F2N3O6. The van der Waals surface area contributed by atoms with Gasteiger partial charge in [0.1, 0.15) is 5.82 Å². The van der Waals surface area contributed by atoms with Gasteiger partial charge in [-0.1, -0.05) is 12.1 Å². The molecule has 2 aromatic carbocycles. The van der Waals surface area contributed by atoms with Gasteiger partial charge in [0.15, 0.2) is 18.1 Å². The SMILES string of the molecule is O=C(COC(=O)CCc1nc2ccccc2c(=O)[nH]1)Nc1ccc2c(c1)OC(F)(F)O2. The largest absolute Gasteiger partial charge is 0.586 e. The van der Waals surface area contributed by atoms with Gasteiger partial charge in [-0.2, -0.15) is 0 Å². The van der Waals surface area contributed by atoms with E-state index in [0.29, 0.717) is 16.7 Å². The molecule has 1 aromatic heterocycles. The molecule has 2 heterocycles. The summed E-state index contributed by atoms with van der Waals surface area (Å²) in [4.78, 5) is 42.7. The summed E-state index contributed by atoms with van der Waals surface area (Å²) in [5, 5.41) is 2.84. The minimum Gasteiger partial charge on any atom is -0.456 e. The number of rotatable bonds is 6. The number of hydrogen-bond acceptors (Lipinski definition) is 7. The number of amides is 1. The number of hydrogen-bond donors (Lipinski definition) is 2. The Hall–Kier alpha value is -4.02. The Morgan fingerprint density at radius 1 is 1.13 bits per heavy atom. The summed E-state index contributed by atoms with van der Waals surface area (Å²) in [5.74, 6) is -1.40. The first kappa shape index (κ1) is 20.3. The van der Waals surface area contributed by atoms with Crippen LogP contribution >= 0.6 is 0 Å². The smallest absolute Gasteiger partial charge is 0.456 e. The Morgan fingerprint density at radius 2 is 1.90 bits per heavy atom. The summed E-state index contributed by atoms with van der Waals surface area (Å²) in [6, 6.07) is 10.5. The van der Waals surface area contributed by atoms with Crippen molar-refractivity contribution in [1.29, 1.82) is 0 Å². The van der Waals surface area contributed by atoms with Gasteiger partial charge in [-0.25, -0.2) is 4.98 Å². The molecule has 0 atom stereocenters. The molecule has 0 saturated carbocycles. The Kier molecular flexibility index (Phi) is 5.24. The van der Waals surface area contributed by atoms with Gasteiger partial charge in [0.2, 0.25) is 0 Å². The number of aryl methyl sites for hydroxylation is 1. The summed E-state index contributed by atoms with van der Waals surface area (Å²) in [7, 11) is 0. The van der Waals surface area contributed by atoms with Crippen LogP contribution in [0.25, 0.3) is 10.9 Å². The van der Waals surface area contributed by atoms with Crippen molar-refractivity contribution in [2.24, 2.45) is 0 Å². The maximum Gasteiger partial charge on any atom is 0.586 e.